The molecule has 2 aromatic carbocycles. The van der Waals surface area contributed by atoms with Gasteiger partial charge in [-0.15, -0.1) is 0 Å². The van der Waals surface area contributed by atoms with Gasteiger partial charge in [0, 0.05) is 0 Å². The normalized spacial score (nSPS) is 16.4. The highest BCUT2D eigenvalue weighted by atomic mass is 35.5. The van der Waals surface area contributed by atoms with Crippen molar-refractivity contribution in [3.05, 3.63) is 57.6 Å². The number of hydrogen-bond acceptors (Lipinski definition) is 4. The number of nitrogens with zero attached hydrogens (tertiary/aromatic N) is 1. The third-order valence-corrected chi connectivity index (χ3v) is 6.16. The Balaban J connectivity index is 2.03. The maximum atomic E-state index is 11.4. The fraction of sp³-hybridized carbons (Fsp3) is 0.409. The smallest absolute Gasteiger partial charge is 0.306 e. The molecule has 1 aliphatic heterocycles. The molecule has 0 aromatic heterocycles. The maximum Gasteiger partial charge on any atom is 0.306 e. The summed E-state index contributed by atoms with van der Waals surface area (Å²) in [7, 11) is 1.61. The van der Waals surface area contributed by atoms with Crippen molar-refractivity contribution < 1.29 is 19.4 Å². The lowest BCUT2D eigenvalue weighted by atomic mass is 9.91. The zero-order valence-corrected chi connectivity index (χ0v) is 18.0. The van der Waals surface area contributed by atoms with Crippen molar-refractivity contribution in [1.82, 2.24) is 4.90 Å². The van der Waals surface area contributed by atoms with Gasteiger partial charge in [-0.05, 0) is 62.2 Å². The second-order valence-corrected chi connectivity index (χ2v) is 7.82. The molecule has 1 unspecified atom stereocenters. The Morgan fingerprint density at radius 1 is 1.21 bits per heavy atom. The first-order valence-electron chi connectivity index (χ1n) is 9.67. The lowest BCUT2D eigenvalue weighted by Gasteiger charge is -2.37. The van der Waals surface area contributed by atoms with E-state index in [9.17, 15) is 9.90 Å². The van der Waals surface area contributed by atoms with Gasteiger partial charge in [-0.25, -0.2) is 0 Å². The predicted octanol–water partition coefficient (Wildman–Crippen LogP) is 5.29. The van der Waals surface area contributed by atoms with Crippen molar-refractivity contribution in [1.29, 1.82) is 0 Å². The lowest BCUT2D eigenvalue weighted by Crippen LogP contribution is -2.39. The van der Waals surface area contributed by atoms with Crippen molar-refractivity contribution in [2.45, 2.75) is 25.8 Å². The molecule has 0 radical (unpaired) electrons. The van der Waals surface area contributed by atoms with Crippen LogP contribution in [0.25, 0.3) is 0 Å². The first-order chi connectivity index (χ1) is 14.0. The summed E-state index contributed by atoms with van der Waals surface area (Å²) >= 11 is 12.9. The van der Waals surface area contributed by atoms with Crippen LogP contribution in [0.3, 0.4) is 0 Å². The van der Waals surface area contributed by atoms with Gasteiger partial charge < -0.3 is 14.6 Å². The van der Waals surface area contributed by atoms with Crippen molar-refractivity contribution in [3.63, 3.8) is 0 Å². The molecular weight excluding hydrogens is 413 g/mol. The molecule has 3 rings (SSSR count). The summed E-state index contributed by atoms with van der Waals surface area (Å²) in [5.74, 6) is 0.286. The number of halogens is 2. The van der Waals surface area contributed by atoms with E-state index in [1.54, 1.807) is 13.2 Å². The molecule has 1 fully saturated rings. The molecule has 0 spiro atoms. The Hall–Kier alpha value is -1.95. The number of hydrogen-bond donors (Lipinski definition) is 1. The third-order valence-electron chi connectivity index (χ3n) is 5.32. The summed E-state index contributed by atoms with van der Waals surface area (Å²) in [5, 5.41) is 10.3. The van der Waals surface area contributed by atoms with Gasteiger partial charge in [0.05, 0.1) is 35.7 Å². The summed E-state index contributed by atoms with van der Waals surface area (Å²) in [6.45, 7) is 3.75. The Labute approximate surface area is 181 Å². The van der Waals surface area contributed by atoms with Crippen LogP contribution in [0.15, 0.2) is 36.4 Å². The van der Waals surface area contributed by atoms with Crippen LogP contribution >= 0.6 is 23.2 Å². The predicted molar refractivity (Wildman–Crippen MR) is 114 cm³/mol. The van der Waals surface area contributed by atoms with E-state index in [1.165, 1.54) is 0 Å². The largest absolute Gasteiger partial charge is 0.493 e. The Kier molecular flexibility index (Phi) is 7.28. The zero-order chi connectivity index (χ0) is 21.0. The first kappa shape index (κ1) is 21.8. The minimum atomic E-state index is -0.731. The van der Waals surface area contributed by atoms with E-state index >= 15 is 0 Å². The molecule has 1 aliphatic rings. The molecule has 1 heterocycles. The van der Waals surface area contributed by atoms with Crippen LogP contribution in [0, 0.1) is 5.92 Å². The molecular formula is C22H25Cl2NO4. The minimum Gasteiger partial charge on any atom is -0.493 e. The molecule has 0 aliphatic carbocycles. The highest BCUT2D eigenvalue weighted by Crippen LogP contribution is 2.41. The third kappa shape index (κ3) is 4.80. The van der Waals surface area contributed by atoms with E-state index in [2.05, 4.69) is 4.90 Å². The van der Waals surface area contributed by atoms with E-state index in [0.717, 1.165) is 11.1 Å². The highest BCUT2D eigenvalue weighted by molar-refractivity contribution is 6.42. The number of aliphatic carboxylic acids is 1. The molecule has 0 saturated carbocycles. The van der Waals surface area contributed by atoms with Crippen molar-refractivity contribution in [3.8, 4) is 11.5 Å². The molecule has 2 aromatic rings. The quantitative estimate of drug-likeness (QED) is 0.637. The van der Waals surface area contributed by atoms with Crippen LogP contribution in [-0.4, -0.2) is 42.8 Å². The van der Waals surface area contributed by atoms with E-state index in [4.69, 9.17) is 32.7 Å². The molecule has 0 bridgehead atoms. The summed E-state index contributed by atoms with van der Waals surface area (Å²) in [6.07, 6.45) is 1.19. The van der Waals surface area contributed by atoms with Crippen LogP contribution in [0.5, 0.6) is 11.5 Å². The number of carbonyl (C=O) groups is 1. The SMILES string of the molecule is CCOc1cc(C(c2cccc(Cl)c2Cl)N2CCC(C(=O)O)CC2)ccc1OC. The van der Waals surface area contributed by atoms with E-state index in [0.29, 0.717) is 54.1 Å². The topological polar surface area (TPSA) is 59.0 Å². The fourth-order valence-corrected chi connectivity index (χ4v) is 4.27. The number of rotatable bonds is 7. The molecule has 29 heavy (non-hydrogen) atoms. The monoisotopic (exact) mass is 437 g/mol. The van der Waals surface area contributed by atoms with Gasteiger partial charge in [-0.2, -0.15) is 0 Å². The van der Waals surface area contributed by atoms with Crippen LogP contribution in [0.4, 0.5) is 0 Å². The number of likely N-dealkylation sites (tertiary alicyclic amines) is 1. The van der Waals surface area contributed by atoms with E-state index < -0.39 is 5.97 Å². The Morgan fingerprint density at radius 3 is 2.55 bits per heavy atom. The molecule has 1 saturated heterocycles. The number of methoxy groups -OCH3 is 1. The molecule has 7 heteroatoms. The number of benzene rings is 2. The van der Waals surface area contributed by atoms with Crippen molar-refractivity contribution in [2.75, 3.05) is 26.8 Å². The number of piperidine rings is 1. The van der Waals surface area contributed by atoms with Gasteiger partial charge in [0.1, 0.15) is 0 Å². The Morgan fingerprint density at radius 2 is 1.93 bits per heavy atom. The van der Waals surface area contributed by atoms with Gasteiger partial charge in [-0.1, -0.05) is 41.4 Å². The second-order valence-electron chi connectivity index (χ2n) is 7.04. The number of ether oxygens (including phenoxy) is 2. The Bertz CT molecular complexity index is 866. The number of carboxylic acid groups (broad SMARTS) is 1. The summed E-state index contributed by atoms with van der Waals surface area (Å²) in [4.78, 5) is 13.6. The van der Waals surface area contributed by atoms with E-state index in [-0.39, 0.29) is 12.0 Å². The van der Waals surface area contributed by atoms with Gasteiger partial charge in [-0.3, -0.25) is 9.69 Å². The van der Waals surface area contributed by atoms with E-state index in [1.807, 2.05) is 37.3 Å². The molecule has 5 nitrogen and oxygen atoms in total. The van der Waals surface area contributed by atoms with Gasteiger partial charge in [0.25, 0.3) is 0 Å². The average Bonchev–Trinajstić information content (AvgIpc) is 2.72. The first-order valence-corrected chi connectivity index (χ1v) is 10.4. The van der Waals surface area contributed by atoms with Crippen LogP contribution < -0.4 is 9.47 Å². The summed E-state index contributed by atoms with van der Waals surface area (Å²) in [5.41, 5.74) is 1.88. The van der Waals surface area contributed by atoms with Crippen molar-refractivity contribution in [2.24, 2.45) is 5.92 Å². The summed E-state index contributed by atoms with van der Waals surface area (Å²) in [6, 6.07) is 11.3. The zero-order valence-electron chi connectivity index (χ0n) is 16.5. The molecule has 1 atom stereocenters. The standard InChI is InChI=1S/C22H25Cl2NO4/c1-3-29-19-13-15(7-8-18(19)28-2)21(16-5-4-6-17(23)20(16)24)25-11-9-14(10-12-25)22(26)27/h4-8,13-14,21H,3,9-12H2,1-2H3,(H,26,27). The average molecular weight is 438 g/mol. The molecule has 156 valence electrons. The molecule has 0 amide bonds. The van der Waals surface area contributed by atoms with Crippen LogP contribution in [-0.2, 0) is 4.79 Å². The highest BCUT2D eigenvalue weighted by Gasteiger charge is 2.32. The lowest BCUT2D eigenvalue weighted by molar-refractivity contribution is -0.143. The van der Waals surface area contributed by atoms with Crippen molar-refractivity contribution >= 4 is 29.2 Å². The van der Waals surface area contributed by atoms with Crippen LogP contribution in [0.2, 0.25) is 10.0 Å². The van der Waals surface area contributed by atoms with Crippen LogP contribution in [0.1, 0.15) is 36.9 Å². The fourth-order valence-electron chi connectivity index (χ4n) is 3.86. The van der Waals surface area contributed by atoms with Gasteiger partial charge in [0.15, 0.2) is 11.5 Å². The van der Waals surface area contributed by atoms with Gasteiger partial charge >= 0.3 is 5.97 Å². The molecule has 1 N–H and O–H groups in total. The minimum absolute atomic E-state index is 0.166. The maximum absolute atomic E-state index is 11.4. The van der Waals surface area contributed by atoms with Gasteiger partial charge in [0.2, 0.25) is 0 Å². The second kappa shape index (κ2) is 9.70. The summed E-state index contributed by atoms with van der Waals surface area (Å²) < 4.78 is 11.2. The number of carboxylic acids is 1.